The molecule has 0 aromatic heterocycles. The van der Waals surface area contributed by atoms with Crippen LogP contribution >= 0.6 is 0 Å². The van der Waals surface area contributed by atoms with Crippen molar-refractivity contribution in [3.05, 3.63) is 82.7 Å². The summed E-state index contributed by atoms with van der Waals surface area (Å²) in [5.74, 6) is -1.15. The number of aldehydes is 1. The highest BCUT2D eigenvalue weighted by molar-refractivity contribution is 5.75. The number of aryl methyl sites for hydroxylation is 1. The Labute approximate surface area is 192 Å². The van der Waals surface area contributed by atoms with Gasteiger partial charge in [-0.25, -0.2) is 8.78 Å². The van der Waals surface area contributed by atoms with Gasteiger partial charge in [0.05, 0.1) is 5.70 Å². The van der Waals surface area contributed by atoms with E-state index in [0.29, 0.717) is 17.8 Å². The van der Waals surface area contributed by atoms with Crippen molar-refractivity contribution < 1.29 is 13.6 Å². The Bertz CT molecular complexity index is 863. The Morgan fingerprint density at radius 1 is 1.12 bits per heavy atom. The molecular weight excluding hydrogens is 406 g/mol. The monoisotopic (exact) mass is 444 g/mol. The molecule has 0 fully saturated rings. The largest absolute Gasteiger partial charge is 0.344 e. The maximum atomic E-state index is 14.3. The number of hydrogen-bond acceptors (Lipinski definition) is 3. The van der Waals surface area contributed by atoms with Crippen molar-refractivity contribution in [2.75, 3.05) is 26.7 Å². The first-order chi connectivity index (χ1) is 15.0. The van der Waals surface area contributed by atoms with Crippen LogP contribution in [-0.2, 0) is 11.2 Å². The minimum Gasteiger partial charge on any atom is -0.344 e. The van der Waals surface area contributed by atoms with E-state index in [1.807, 2.05) is 45.8 Å². The van der Waals surface area contributed by atoms with Crippen molar-refractivity contribution in [2.45, 2.75) is 47.5 Å². The Morgan fingerprint density at radius 2 is 1.72 bits per heavy atom. The highest BCUT2D eigenvalue weighted by Gasteiger charge is 2.17. The molecule has 1 aromatic rings. The van der Waals surface area contributed by atoms with Gasteiger partial charge >= 0.3 is 0 Å². The molecule has 0 radical (unpaired) electrons. The van der Waals surface area contributed by atoms with Crippen molar-refractivity contribution in [3.63, 3.8) is 0 Å². The summed E-state index contributed by atoms with van der Waals surface area (Å²) in [5, 5.41) is 0. The topological polar surface area (TPSA) is 23.6 Å². The molecule has 176 valence electrons. The molecule has 32 heavy (non-hydrogen) atoms. The minimum absolute atomic E-state index is 0.0929. The lowest BCUT2D eigenvalue weighted by atomic mass is 9.93. The zero-order chi connectivity index (χ0) is 24.4. The van der Waals surface area contributed by atoms with Crippen LogP contribution < -0.4 is 0 Å². The van der Waals surface area contributed by atoms with Crippen molar-refractivity contribution in [1.82, 2.24) is 9.80 Å². The number of hydrogen-bond donors (Lipinski definition) is 0. The maximum absolute atomic E-state index is 14.3. The first kappa shape index (κ1) is 27.5. The zero-order valence-corrected chi connectivity index (χ0v) is 20.5. The van der Waals surface area contributed by atoms with Gasteiger partial charge in [-0.15, -0.1) is 6.58 Å². The fourth-order valence-electron chi connectivity index (χ4n) is 3.28. The van der Waals surface area contributed by atoms with Crippen molar-refractivity contribution in [1.29, 1.82) is 0 Å². The number of carbonyl (C=O) groups excluding carboxylic acids is 1. The second-order valence-corrected chi connectivity index (χ2v) is 8.78. The molecular formula is C27H38F2N2O. The predicted molar refractivity (Wildman–Crippen MR) is 130 cm³/mol. The maximum Gasteiger partial charge on any atom is 0.166 e. The lowest BCUT2D eigenvalue weighted by Gasteiger charge is -2.27. The van der Waals surface area contributed by atoms with Crippen LogP contribution in [0.1, 0.15) is 45.2 Å². The molecule has 0 aliphatic carbocycles. The molecule has 5 heteroatoms. The normalized spacial score (nSPS) is 13.6. The second kappa shape index (κ2) is 13.1. The molecule has 0 aliphatic heterocycles. The first-order valence-electron chi connectivity index (χ1n) is 11.0. The summed E-state index contributed by atoms with van der Waals surface area (Å²) in [5.41, 5.74) is 4.03. The number of allylic oxidation sites excluding steroid dienone is 4. The standard InChI is InChI=1S/C27H38F2N2O/c1-9-21(5)27(18-32)31(13-12-30(8)11-10-19(2)3)17-23(7)22(6)16-24-25(28)14-20(4)15-26(24)29/h9,14-15,17-18,22H,1-2,10-13,16H2,3-8H3/b23-17+,27-21-. The van der Waals surface area contributed by atoms with Crippen LogP contribution in [0.5, 0.6) is 0 Å². The number of carbonyl (C=O) groups is 1. The summed E-state index contributed by atoms with van der Waals surface area (Å²) in [4.78, 5) is 16.0. The summed E-state index contributed by atoms with van der Waals surface area (Å²) in [7, 11) is 2.04. The van der Waals surface area contributed by atoms with Crippen molar-refractivity contribution in [3.8, 4) is 0 Å². The highest BCUT2D eigenvalue weighted by atomic mass is 19.1. The van der Waals surface area contributed by atoms with Gasteiger partial charge in [0, 0.05) is 31.4 Å². The van der Waals surface area contributed by atoms with Crippen molar-refractivity contribution >= 4 is 6.29 Å². The molecule has 0 saturated carbocycles. The fourth-order valence-corrected chi connectivity index (χ4v) is 3.28. The molecule has 1 unspecified atom stereocenters. The SMILES string of the molecule is C=C/C(C)=C(/C=O)N(/C=C(\C)C(C)Cc1c(F)cc(C)cc1F)CCN(C)CCC(=C)C. The number of benzene rings is 1. The van der Waals surface area contributed by atoms with E-state index in [0.717, 1.165) is 42.5 Å². The lowest BCUT2D eigenvalue weighted by molar-refractivity contribution is -0.106. The van der Waals surface area contributed by atoms with E-state index in [1.165, 1.54) is 12.1 Å². The Kier molecular flexibility index (Phi) is 11.3. The van der Waals surface area contributed by atoms with Gasteiger partial charge in [-0.05, 0) is 76.8 Å². The van der Waals surface area contributed by atoms with Gasteiger partial charge < -0.3 is 9.80 Å². The van der Waals surface area contributed by atoms with E-state index in [2.05, 4.69) is 18.1 Å². The molecule has 0 aliphatic rings. The van der Waals surface area contributed by atoms with Crippen LogP contribution in [0.2, 0.25) is 0 Å². The molecule has 0 saturated heterocycles. The molecule has 1 rings (SSSR count). The number of halogens is 2. The van der Waals surface area contributed by atoms with E-state index < -0.39 is 11.6 Å². The molecule has 0 bridgehead atoms. The van der Waals surface area contributed by atoms with Crippen LogP contribution in [0.3, 0.4) is 0 Å². The van der Waals surface area contributed by atoms with E-state index >= 15 is 0 Å². The second-order valence-electron chi connectivity index (χ2n) is 8.78. The van der Waals surface area contributed by atoms with Gasteiger partial charge in [-0.2, -0.15) is 0 Å². The van der Waals surface area contributed by atoms with Crippen LogP contribution in [0, 0.1) is 24.5 Å². The van der Waals surface area contributed by atoms with E-state index in [4.69, 9.17) is 0 Å². The molecule has 1 aromatic carbocycles. The summed E-state index contributed by atoms with van der Waals surface area (Å²) < 4.78 is 28.6. The molecule has 0 heterocycles. The molecule has 0 amide bonds. The summed E-state index contributed by atoms with van der Waals surface area (Å²) in [6.07, 6.45) is 5.56. The van der Waals surface area contributed by atoms with Gasteiger partial charge in [0.2, 0.25) is 0 Å². The van der Waals surface area contributed by atoms with Gasteiger partial charge in [-0.1, -0.05) is 30.7 Å². The number of nitrogens with zero attached hydrogens (tertiary/aromatic N) is 2. The van der Waals surface area contributed by atoms with Gasteiger partial charge in [0.15, 0.2) is 6.29 Å². The predicted octanol–water partition coefficient (Wildman–Crippen LogP) is 6.21. The smallest absolute Gasteiger partial charge is 0.166 e. The fraction of sp³-hybridized carbons (Fsp3) is 0.444. The van der Waals surface area contributed by atoms with Crippen LogP contribution in [0.15, 0.2) is 60.0 Å². The highest BCUT2D eigenvalue weighted by Crippen LogP contribution is 2.23. The minimum atomic E-state index is -0.519. The third kappa shape index (κ3) is 8.54. The third-order valence-electron chi connectivity index (χ3n) is 5.71. The summed E-state index contributed by atoms with van der Waals surface area (Å²) >= 11 is 0. The molecule has 0 N–H and O–H groups in total. The quantitative estimate of drug-likeness (QED) is 0.156. The number of rotatable bonds is 13. The van der Waals surface area contributed by atoms with Gasteiger partial charge in [0.1, 0.15) is 11.6 Å². The van der Waals surface area contributed by atoms with E-state index in [1.54, 1.807) is 13.0 Å². The Balaban J connectivity index is 3.11. The zero-order valence-electron chi connectivity index (χ0n) is 20.5. The molecule has 1 atom stereocenters. The average Bonchev–Trinajstić information content (AvgIpc) is 2.72. The third-order valence-corrected chi connectivity index (χ3v) is 5.71. The van der Waals surface area contributed by atoms with Crippen LogP contribution in [-0.4, -0.2) is 42.8 Å². The summed E-state index contributed by atoms with van der Waals surface area (Å²) in [6, 6.07) is 2.72. The van der Waals surface area contributed by atoms with Gasteiger partial charge in [-0.3, -0.25) is 4.79 Å². The molecule has 0 spiro atoms. The molecule has 3 nitrogen and oxygen atoms in total. The first-order valence-corrected chi connectivity index (χ1v) is 11.0. The van der Waals surface area contributed by atoms with Gasteiger partial charge in [0.25, 0.3) is 0 Å². The lowest BCUT2D eigenvalue weighted by Crippen LogP contribution is -2.32. The van der Waals surface area contributed by atoms with Crippen LogP contribution in [0.4, 0.5) is 8.78 Å². The van der Waals surface area contributed by atoms with E-state index in [-0.39, 0.29) is 17.9 Å². The Morgan fingerprint density at radius 3 is 2.22 bits per heavy atom. The Hall–Kier alpha value is -2.53. The van der Waals surface area contributed by atoms with E-state index in [9.17, 15) is 13.6 Å². The van der Waals surface area contributed by atoms with Crippen molar-refractivity contribution in [2.24, 2.45) is 5.92 Å². The number of likely N-dealkylation sites (N-methyl/N-ethyl adjacent to an activating group) is 1. The van der Waals surface area contributed by atoms with Crippen LogP contribution in [0.25, 0.3) is 0 Å². The average molecular weight is 445 g/mol. The summed E-state index contributed by atoms with van der Waals surface area (Å²) in [6.45, 7) is 19.3.